The molecule has 0 saturated carbocycles. The lowest BCUT2D eigenvalue weighted by molar-refractivity contribution is 0.580. The summed E-state index contributed by atoms with van der Waals surface area (Å²) in [4.78, 5) is 7.67. The summed E-state index contributed by atoms with van der Waals surface area (Å²) in [6, 6.07) is 0. The van der Waals surface area contributed by atoms with Crippen molar-refractivity contribution >= 4 is 26.5 Å². The molecule has 0 aliphatic carbocycles. The lowest BCUT2D eigenvalue weighted by Crippen LogP contribution is -2.23. The van der Waals surface area contributed by atoms with Gasteiger partial charge in [0.2, 0.25) is 0 Å². The van der Waals surface area contributed by atoms with Gasteiger partial charge in [0.15, 0.2) is 9.34 Å². The number of hydrogen-bond acceptors (Lipinski definition) is 7. The molecule has 0 amide bonds. The lowest BCUT2D eigenvalue weighted by Gasteiger charge is -2.02. The summed E-state index contributed by atoms with van der Waals surface area (Å²) in [5.41, 5.74) is 5.84. The van der Waals surface area contributed by atoms with Crippen LogP contribution in [0.4, 0.5) is 5.13 Å². The Morgan fingerprint density at radius 1 is 1.59 bits per heavy atom. The smallest absolute Gasteiger partial charge is 0.252 e. The van der Waals surface area contributed by atoms with Gasteiger partial charge >= 0.3 is 0 Å². The predicted octanol–water partition coefficient (Wildman–Crippen LogP) is -0.370. The Morgan fingerprint density at radius 2 is 2.35 bits per heavy atom. The van der Waals surface area contributed by atoms with Gasteiger partial charge in [0.25, 0.3) is 10.0 Å². The van der Waals surface area contributed by atoms with Crippen molar-refractivity contribution in [1.82, 2.24) is 24.9 Å². The maximum Gasteiger partial charge on any atom is 0.252 e. The number of sulfonamides is 1. The number of aromatic nitrogens is 4. The molecule has 0 saturated heterocycles. The largest absolute Gasteiger partial charge is 0.375 e. The Kier molecular flexibility index (Phi) is 3.09. The van der Waals surface area contributed by atoms with Crippen molar-refractivity contribution in [3.8, 4) is 0 Å². The second kappa shape index (κ2) is 4.39. The average molecular weight is 274 g/mol. The maximum absolute atomic E-state index is 11.9. The number of nitrogens with two attached hydrogens (primary N) is 1. The Labute approximate surface area is 101 Å². The van der Waals surface area contributed by atoms with Crippen LogP contribution in [0, 0.1) is 6.92 Å². The molecule has 0 aliphatic heterocycles. The molecule has 17 heavy (non-hydrogen) atoms. The first-order valence-electron chi connectivity index (χ1n) is 4.56. The molecule has 92 valence electrons. The van der Waals surface area contributed by atoms with Crippen LogP contribution in [0.3, 0.4) is 0 Å². The quantitative estimate of drug-likeness (QED) is 0.698. The van der Waals surface area contributed by atoms with Gasteiger partial charge in [-0.05, 0) is 6.92 Å². The summed E-state index contributed by atoms with van der Waals surface area (Å²) in [5, 5.41) is 6.40. The Bertz CT molecular complexity index is 602. The van der Waals surface area contributed by atoms with E-state index in [9.17, 15) is 8.42 Å². The highest BCUT2D eigenvalue weighted by Gasteiger charge is 2.21. The second-order valence-electron chi connectivity index (χ2n) is 3.18. The molecule has 0 fully saturated rings. The standard InChI is InChI=1S/C7H10N6O2S2/c1-4-6(16-7(8)12-4)17(14,15)11-2-5-9-3-10-13-5/h3,11H,2H2,1H3,(H2,8,12)(H,9,10,13). The minimum Gasteiger partial charge on any atom is -0.375 e. The van der Waals surface area contributed by atoms with Crippen molar-refractivity contribution in [1.29, 1.82) is 0 Å². The van der Waals surface area contributed by atoms with Crippen LogP contribution in [-0.2, 0) is 16.6 Å². The van der Waals surface area contributed by atoms with Crippen LogP contribution in [0.15, 0.2) is 10.5 Å². The third-order valence-corrected chi connectivity index (χ3v) is 4.91. The molecule has 0 atom stereocenters. The van der Waals surface area contributed by atoms with Gasteiger partial charge in [-0.2, -0.15) is 5.10 Å². The molecule has 0 aromatic carbocycles. The highest BCUT2D eigenvalue weighted by molar-refractivity contribution is 7.91. The Balaban J connectivity index is 2.17. The van der Waals surface area contributed by atoms with Gasteiger partial charge in [0.1, 0.15) is 12.2 Å². The van der Waals surface area contributed by atoms with Crippen molar-refractivity contribution in [2.75, 3.05) is 5.73 Å². The SMILES string of the molecule is Cc1nc(N)sc1S(=O)(=O)NCc1ncn[nH]1. The first kappa shape index (κ1) is 12.0. The lowest BCUT2D eigenvalue weighted by atomic mass is 10.6. The first-order valence-corrected chi connectivity index (χ1v) is 6.86. The van der Waals surface area contributed by atoms with Gasteiger partial charge in [-0.25, -0.2) is 23.1 Å². The molecule has 10 heteroatoms. The van der Waals surface area contributed by atoms with E-state index in [1.165, 1.54) is 6.33 Å². The summed E-state index contributed by atoms with van der Waals surface area (Å²) < 4.78 is 26.3. The predicted molar refractivity (Wildman–Crippen MR) is 61.7 cm³/mol. The summed E-state index contributed by atoms with van der Waals surface area (Å²) in [6.07, 6.45) is 1.31. The highest BCUT2D eigenvalue weighted by atomic mass is 32.2. The van der Waals surface area contributed by atoms with Gasteiger partial charge in [-0.3, -0.25) is 5.10 Å². The maximum atomic E-state index is 11.9. The highest BCUT2D eigenvalue weighted by Crippen LogP contribution is 2.24. The molecule has 0 unspecified atom stereocenters. The fourth-order valence-corrected chi connectivity index (χ4v) is 3.53. The van der Waals surface area contributed by atoms with Gasteiger partial charge in [0.05, 0.1) is 12.2 Å². The van der Waals surface area contributed by atoms with E-state index < -0.39 is 10.0 Å². The molecule has 0 radical (unpaired) electrons. The number of H-pyrrole nitrogens is 1. The van der Waals surface area contributed by atoms with E-state index >= 15 is 0 Å². The summed E-state index contributed by atoms with van der Waals surface area (Å²) in [5.74, 6) is 0.434. The molecule has 2 aromatic rings. The molecular formula is C7H10N6O2S2. The van der Waals surface area contributed by atoms with Crippen LogP contribution in [0.1, 0.15) is 11.5 Å². The minimum absolute atomic E-state index is 0.0412. The number of thiazole rings is 1. The topological polar surface area (TPSA) is 127 Å². The van der Waals surface area contributed by atoms with E-state index in [2.05, 4.69) is 24.9 Å². The molecule has 4 N–H and O–H groups in total. The van der Waals surface area contributed by atoms with Crippen molar-refractivity contribution in [2.24, 2.45) is 0 Å². The molecule has 0 spiro atoms. The van der Waals surface area contributed by atoms with Gasteiger partial charge in [0, 0.05) is 0 Å². The van der Waals surface area contributed by atoms with Crippen LogP contribution in [-0.4, -0.2) is 28.6 Å². The van der Waals surface area contributed by atoms with E-state index in [1.807, 2.05) is 0 Å². The zero-order valence-corrected chi connectivity index (χ0v) is 10.5. The average Bonchev–Trinajstić information content (AvgIpc) is 2.85. The molecule has 2 rings (SSSR count). The van der Waals surface area contributed by atoms with E-state index in [-0.39, 0.29) is 15.9 Å². The van der Waals surface area contributed by atoms with Crippen molar-refractivity contribution in [3.63, 3.8) is 0 Å². The van der Waals surface area contributed by atoms with E-state index in [4.69, 9.17) is 5.73 Å². The van der Waals surface area contributed by atoms with Crippen molar-refractivity contribution in [2.45, 2.75) is 17.7 Å². The number of aryl methyl sites for hydroxylation is 1. The zero-order valence-electron chi connectivity index (χ0n) is 8.84. The van der Waals surface area contributed by atoms with E-state index in [0.29, 0.717) is 11.5 Å². The van der Waals surface area contributed by atoms with Crippen LogP contribution in [0.2, 0.25) is 0 Å². The molecule has 2 heterocycles. The molecule has 0 aliphatic rings. The van der Waals surface area contributed by atoms with Gasteiger partial charge < -0.3 is 5.73 Å². The third-order valence-electron chi connectivity index (χ3n) is 1.91. The number of nitrogen functional groups attached to an aromatic ring is 1. The second-order valence-corrected chi connectivity index (χ2v) is 6.17. The first-order chi connectivity index (χ1) is 7.99. The number of rotatable bonds is 4. The fourth-order valence-electron chi connectivity index (χ4n) is 1.20. The Morgan fingerprint density at radius 3 is 2.88 bits per heavy atom. The van der Waals surface area contributed by atoms with Gasteiger partial charge in [-0.15, -0.1) is 0 Å². The third kappa shape index (κ3) is 2.60. The van der Waals surface area contributed by atoms with Crippen molar-refractivity contribution in [3.05, 3.63) is 17.8 Å². The normalized spacial score (nSPS) is 11.8. The zero-order chi connectivity index (χ0) is 12.5. The number of aromatic amines is 1. The van der Waals surface area contributed by atoms with Gasteiger partial charge in [-0.1, -0.05) is 11.3 Å². The molecule has 0 bridgehead atoms. The number of hydrogen-bond donors (Lipinski definition) is 3. The monoisotopic (exact) mass is 274 g/mol. The summed E-state index contributed by atoms with van der Waals surface area (Å²) >= 11 is 0.928. The number of nitrogens with one attached hydrogen (secondary N) is 2. The minimum atomic E-state index is -3.61. The van der Waals surface area contributed by atoms with Crippen molar-refractivity contribution < 1.29 is 8.42 Å². The Hall–Kier alpha value is -1.52. The van der Waals surface area contributed by atoms with E-state index in [1.54, 1.807) is 6.92 Å². The summed E-state index contributed by atoms with van der Waals surface area (Å²) in [6.45, 7) is 1.63. The van der Waals surface area contributed by atoms with Crippen LogP contribution < -0.4 is 10.5 Å². The molecule has 2 aromatic heterocycles. The van der Waals surface area contributed by atoms with E-state index in [0.717, 1.165) is 11.3 Å². The fraction of sp³-hybridized carbons (Fsp3) is 0.286. The summed E-state index contributed by atoms with van der Waals surface area (Å²) in [7, 11) is -3.61. The number of nitrogens with zero attached hydrogens (tertiary/aromatic N) is 3. The van der Waals surface area contributed by atoms with Crippen LogP contribution in [0.25, 0.3) is 0 Å². The molecule has 8 nitrogen and oxygen atoms in total. The van der Waals surface area contributed by atoms with Crippen LogP contribution >= 0.6 is 11.3 Å². The molecular weight excluding hydrogens is 264 g/mol. The number of anilines is 1. The van der Waals surface area contributed by atoms with Crippen LogP contribution in [0.5, 0.6) is 0 Å².